The molecule has 3 amide bonds. The average molecular weight is 528 g/mol. The molecule has 0 aromatic heterocycles. The van der Waals surface area contributed by atoms with Gasteiger partial charge in [0.05, 0.1) is 5.54 Å². The number of hydrazine groups is 1. The highest BCUT2D eigenvalue weighted by Crippen LogP contribution is 2.31. The summed E-state index contributed by atoms with van der Waals surface area (Å²) in [5.74, 6) is -0.445. The van der Waals surface area contributed by atoms with Gasteiger partial charge in [-0.25, -0.2) is 14.1 Å². The standard InChI is InChI=1S/C30H29N3O4S/c1-30(2,3)32(27(34)23-15-7-5-8-16-23)33(28(35)24-17-9-6-10-18-24)38-31(4)29(36)37-26-21-13-19-22-14-11-12-20-25(22)26/h5-21H,1-4H3. The van der Waals surface area contributed by atoms with Crippen LogP contribution in [0.5, 0.6) is 5.75 Å². The van der Waals surface area contributed by atoms with Gasteiger partial charge in [-0.15, -0.1) is 0 Å². The maximum Gasteiger partial charge on any atom is 0.426 e. The minimum Gasteiger partial charge on any atom is -0.409 e. The zero-order valence-electron chi connectivity index (χ0n) is 21.7. The van der Waals surface area contributed by atoms with Gasteiger partial charge in [0.1, 0.15) is 17.9 Å². The Hall–Kier alpha value is -4.30. The minimum atomic E-state index is -0.815. The van der Waals surface area contributed by atoms with Crippen LogP contribution in [0.25, 0.3) is 10.8 Å². The summed E-state index contributed by atoms with van der Waals surface area (Å²) in [5.41, 5.74) is -0.0362. The summed E-state index contributed by atoms with van der Waals surface area (Å²) in [6.07, 6.45) is -0.696. The first kappa shape index (κ1) is 26.8. The van der Waals surface area contributed by atoms with Crippen molar-refractivity contribution in [3.63, 3.8) is 0 Å². The third-order valence-electron chi connectivity index (χ3n) is 5.63. The van der Waals surface area contributed by atoms with Crippen LogP contribution in [0.1, 0.15) is 41.5 Å². The quantitative estimate of drug-likeness (QED) is 0.210. The van der Waals surface area contributed by atoms with Crippen LogP contribution in [0.3, 0.4) is 0 Å². The number of fused-ring (bicyclic) bond motifs is 1. The molecule has 4 rings (SSSR count). The van der Waals surface area contributed by atoms with Gasteiger partial charge >= 0.3 is 6.09 Å². The lowest BCUT2D eigenvalue weighted by atomic mass is 10.1. The molecule has 0 aliphatic rings. The largest absolute Gasteiger partial charge is 0.426 e. The highest BCUT2D eigenvalue weighted by molar-refractivity contribution is 7.95. The van der Waals surface area contributed by atoms with Crippen LogP contribution in [-0.2, 0) is 0 Å². The molecule has 0 aliphatic heterocycles. The fraction of sp³-hybridized carbons (Fsp3) is 0.167. The number of ether oxygens (including phenoxy) is 1. The first-order valence-corrected chi connectivity index (χ1v) is 12.8. The zero-order chi connectivity index (χ0) is 27.3. The van der Waals surface area contributed by atoms with Gasteiger partial charge in [-0.2, -0.15) is 4.41 Å². The van der Waals surface area contributed by atoms with Gasteiger partial charge in [0, 0.05) is 23.6 Å². The van der Waals surface area contributed by atoms with E-state index in [0.29, 0.717) is 16.9 Å². The number of carbonyl (C=O) groups is 3. The molecule has 0 saturated carbocycles. The van der Waals surface area contributed by atoms with Crippen molar-refractivity contribution in [2.45, 2.75) is 26.3 Å². The molecule has 8 heteroatoms. The van der Waals surface area contributed by atoms with Crippen molar-refractivity contribution in [3.8, 4) is 5.75 Å². The van der Waals surface area contributed by atoms with Crippen molar-refractivity contribution in [1.82, 2.24) is 13.7 Å². The van der Waals surface area contributed by atoms with Gasteiger partial charge in [0.25, 0.3) is 11.8 Å². The molecular weight excluding hydrogens is 498 g/mol. The van der Waals surface area contributed by atoms with Crippen molar-refractivity contribution < 1.29 is 19.1 Å². The Bertz CT molecular complexity index is 1430. The second-order valence-electron chi connectivity index (χ2n) is 9.52. The van der Waals surface area contributed by atoms with Gasteiger partial charge in [0.15, 0.2) is 0 Å². The molecule has 0 aliphatic carbocycles. The third kappa shape index (κ3) is 5.98. The molecule has 0 radical (unpaired) electrons. The molecule has 194 valence electrons. The molecule has 0 N–H and O–H groups in total. The van der Waals surface area contributed by atoms with Gasteiger partial charge in [-0.05, 0) is 56.5 Å². The van der Waals surface area contributed by atoms with E-state index in [9.17, 15) is 14.4 Å². The van der Waals surface area contributed by atoms with E-state index in [-0.39, 0.29) is 5.91 Å². The lowest BCUT2D eigenvalue weighted by molar-refractivity contribution is -0.00126. The van der Waals surface area contributed by atoms with Crippen LogP contribution in [0.2, 0.25) is 0 Å². The van der Waals surface area contributed by atoms with Crippen LogP contribution < -0.4 is 4.74 Å². The maximum atomic E-state index is 13.8. The Morgan fingerprint density at radius 1 is 0.684 bits per heavy atom. The second-order valence-corrected chi connectivity index (χ2v) is 10.6. The Balaban J connectivity index is 1.67. The summed E-state index contributed by atoms with van der Waals surface area (Å²) >= 11 is 0.786. The lowest BCUT2D eigenvalue weighted by Gasteiger charge is -2.42. The second kappa shape index (κ2) is 11.4. The fourth-order valence-corrected chi connectivity index (χ4v) is 4.72. The summed E-state index contributed by atoms with van der Waals surface area (Å²) in [6, 6.07) is 30.4. The van der Waals surface area contributed by atoms with Crippen molar-refractivity contribution >= 4 is 40.8 Å². The Labute approximate surface area is 226 Å². The number of amides is 3. The fourth-order valence-electron chi connectivity index (χ4n) is 3.81. The van der Waals surface area contributed by atoms with E-state index in [2.05, 4.69) is 0 Å². The number of rotatable bonds is 5. The average Bonchev–Trinajstić information content (AvgIpc) is 2.92. The predicted octanol–water partition coefficient (Wildman–Crippen LogP) is 6.83. The van der Waals surface area contributed by atoms with Crippen LogP contribution in [0, 0.1) is 0 Å². The minimum absolute atomic E-state index is 0.367. The van der Waals surface area contributed by atoms with Gasteiger partial charge in [-0.1, -0.05) is 72.8 Å². The van der Waals surface area contributed by atoms with Crippen molar-refractivity contribution in [2.24, 2.45) is 0 Å². The molecule has 0 saturated heterocycles. The molecule has 38 heavy (non-hydrogen) atoms. The Morgan fingerprint density at radius 2 is 1.21 bits per heavy atom. The molecule has 0 unspecified atom stereocenters. The Kier molecular flexibility index (Phi) is 8.02. The van der Waals surface area contributed by atoms with E-state index in [0.717, 1.165) is 22.9 Å². The number of hydrogen-bond donors (Lipinski definition) is 0. The molecular formula is C30H29N3O4S. The summed E-state index contributed by atoms with van der Waals surface area (Å²) < 4.78 is 8.12. The molecule has 4 aromatic carbocycles. The van der Waals surface area contributed by atoms with Gasteiger partial charge in [0.2, 0.25) is 0 Å². The van der Waals surface area contributed by atoms with E-state index >= 15 is 0 Å². The number of nitrogens with zero attached hydrogens (tertiary/aromatic N) is 3. The highest BCUT2D eigenvalue weighted by Gasteiger charge is 2.38. The normalized spacial score (nSPS) is 11.1. The zero-order valence-corrected chi connectivity index (χ0v) is 22.5. The van der Waals surface area contributed by atoms with E-state index in [4.69, 9.17) is 4.74 Å². The van der Waals surface area contributed by atoms with Crippen LogP contribution in [0.4, 0.5) is 4.79 Å². The lowest BCUT2D eigenvalue weighted by Crippen LogP contribution is -2.56. The number of carbonyl (C=O) groups excluding carboxylic acids is 3. The summed E-state index contributed by atoms with van der Waals surface area (Å²) in [5, 5.41) is 3.08. The van der Waals surface area contributed by atoms with Crippen LogP contribution in [0.15, 0.2) is 103 Å². The van der Waals surface area contributed by atoms with Crippen molar-refractivity contribution in [3.05, 3.63) is 114 Å². The van der Waals surface area contributed by atoms with Crippen molar-refractivity contribution in [1.29, 1.82) is 0 Å². The molecule has 7 nitrogen and oxygen atoms in total. The molecule has 0 fully saturated rings. The number of benzene rings is 4. The molecule has 0 bridgehead atoms. The highest BCUT2D eigenvalue weighted by atomic mass is 32.2. The summed E-state index contributed by atoms with van der Waals surface area (Å²) in [6.45, 7) is 5.48. The summed E-state index contributed by atoms with van der Waals surface area (Å²) in [7, 11) is 1.50. The first-order chi connectivity index (χ1) is 18.2. The molecule has 0 spiro atoms. The van der Waals surface area contributed by atoms with Crippen LogP contribution >= 0.6 is 12.1 Å². The smallest absolute Gasteiger partial charge is 0.409 e. The first-order valence-electron chi connectivity index (χ1n) is 12.1. The van der Waals surface area contributed by atoms with Crippen molar-refractivity contribution in [2.75, 3.05) is 7.05 Å². The van der Waals surface area contributed by atoms with E-state index in [1.807, 2.05) is 63.2 Å². The van der Waals surface area contributed by atoms with Gasteiger partial charge < -0.3 is 4.74 Å². The molecule has 0 atom stereocenters. The van der Waals surface area contributed by atoms with Gasteiger partial charge in [-0.3, -0.25) is 9.59 Å². The predicted molar refractivity (Wildman–Crippen MR) is 150 cm³/mol. The third-order valence-corrected chi connectivity index (χ3v) is 6.51. The topological polar surface area (TPSA) is 70.2 Å². The van der Waals surface area contributed by atoms with E-state index < -0.39 is 17.5 Å². The Morgan fingerprint density at radius 3 is 1.82 bits per heavy atom. The SMILES string of the molecule is CN(SN(C(=O)c1ccccc1)N(C(=O)c1ccccc1)C(C)(C)C)C(=O)Oc1cccc2ccccc12. The molecule has 4 aromatic rings. The maximum absolute atomic E-state index is 13.8. The monoisotopic (exact) mass is 527 g/mol. The summed E-state index contributed by atoms with van der Waals surface area (Å²) in [4.78, 5) is 40.7. The van der Waals surface area contributed by atoms with Crippen LogP contribution in [-0.4, -0.2) is 44.2 Å². The molecule has 0 heterocycles. The van der Waals surface area contributed by atoms with E-state index in [1.54, 1.807) is 60.7 Å². The number of hydrogen-bond acceptors (Lipinski definition) is 5. The van der Waals surface area contributed by atoms with E-state index in [1.165, 1.54) is 20.8 Å².